The summed E-state index contributed by atoms with van der Waals surface area (Å²) in [5.41, 5.74) is 0.647. The lowest BCUT2D eigenvalue weighted by Crippen LogP contribution is -2.21. The van der Waals surface area contributed by atoms with E-state index in [0.717, 1.165) is 0 Å². The Morgan fingerprint density at radius 3 is 2.35 bits per heavy atom. The molecule has 0 saturated carbocycles. The molecule has 0 N–H and O–H groups in total. The molecule has 0 saturated heterocycles. The average molecular weight is 322 g/mol. The lowest BCUT2D eigenvalue weighted by Gasteiger charge is -2.10. The monoisotopic (exact) mass is 322 g/mol. The van der Waals surface area contributed by atoms with Crippen molar-refractivity contribution in [3.8, 4) is 11.5 Å². The highest BCUT2D eigenvalue weighted by Crippen LogP contribution is 2.24. The molecule has 0 radical (unpaired) electrons. The largest absolute Gasteiger partial charge is 0.497 e. The zero-order chi connectivity index (χ0) is 17.4. The van der Waals surface area contributed by atoms with Crippen LogP contribution in [0.5, 0.6) is 11.5 Å². The third-order valence-electron chi connectivity index (χ3n) is 2.72. The van der Waals surface area contributed by atoms with E-state index in [9.17, 15) is 14.4 Å². The van der Waals surface area contributed by atoms with Gasteiger partial charge in [-0.15, -0.1) is 0 Å². The number of ether oxygens (including phenoxy) is 4. The zero-order valence-electron chi connectivity index (χ0n) is 13.2. The van der Waals surface area contributed by atoms with Crippen molar-refractivity contribution < 1.29 is 33.3 Å². The Kier molecular flexibility index (Phi) is 6.79. The molecular weight excluding hydrogens is 304 g/mol. The van der Waals surface area contributed by atoms with E-state index in [1.807, 2.05) is 0 Å². The van der Waals surface area contributed by atoms with Crippen LogP contribution >= 0.6 is 0 Å². The van der Waals surface area contributed by atoms with Gasteiger partial charge >= 0.3 is 17.9 Å². The standard InChI is InChI=1S/C16H18O7/c1-10(2)16(19)22-9-15(18)23-14(17)8-11-7-12(20-3)5-6-13(11)21-4/h5-7H,1,8-9H2,2-4H3. The fourth-order valence-electron chi connectivity index (χ4n) is 1.62. The third-order valence-corrected chi connectivity index (χ3v) is 2.72. The van der Waals surface area contributed by atoms with E-state index in [0.29, 0.717) is 17.1 Å². The number of carbonyl (C=O) groups is 3. The molecule has 0 fully saturated rings. The van der Waals surface area contributed by atoms with Gasteiger partial charge in [0.1, 0.15) is 11.5 Å². The van der Waals surface area contributed by atoms with Crippen molar-refractivity contribution in [1.82, 2.24) is 0 Å². The first-order valence-electron chi connectivity index (χ1n) is 6.64. The summed E-state index contributed by atoms with van der Waals surface area (Å²) in [7, 11) is 2.95. The molecule has 0 atom stereocenters. The summed E-state index contributed by atoms with van der Waals surface area (Å²) in [4.78, 5) is 34.3. The molecule has 0 aromatic heterocycles. The maximum atomic E-state index is 11.8. The maximum absolute atomic E-state index is 11.8. The molecule has 1 aromatic carbocycles. The van der Waals surface area contributed by atoms with Crippen molar-refractivity contribution in [3.63, 3.8) is 0 Å². The summed E-state index contributed by atoms with van der Waals surface area (Å²) in [6.07, 6.45) is -0.194. The van der Waals surface area contributed by atoms with Gasteiger partial charge in [0.25, 0.3) is 0 Å². The minimum Gasteiger partial charge on any atom is -0.497 e. The van der Waals surface area contributed by atoms with Gasteiger partial charge in [0.2, 0.25) is 0 Å². The fourth-order valence-corrected chi connectivity index (χ4v) is 1.62. The van der Waals surface area contributed by atoms with Crippen LogP contribution in [-0.4, -0.2) is 38.7 Å². The Bertz CT molecular complexity index is 619. The minimum absolute atomic E-state index is 0.144. The van der Waals surface area contributed by atoms with Gasteiger partial charge in [-0.1, -0.05) is 6.58 Å². The maximum Gasteiger partial charge on any atom is 0.351 e. The zero-order valence-corrected chi connectivity index (χ0v) is 13.2. The summed E-state index contributed by atoms with van der Waals surface area (Å²) in [5.74, 6) is -1.50. The second-order valence-electron chi connectivity index (χ2n) is 4.56. The van der Waals surface area contributed by atoms with Crippen molar-refractivity contribution in [3.05, 3.63) is 35.9 Å². The van der Waals surface area contributed by atoms with E-state index < -0.39 is 24.5 Å². The van der Waals surface area contributed by atoms with Gasteiger partial charge in [-0.25, -0.2) is 9.59 Å². The Morgan fingerprint density at radius 2 is 1.78 bits per heavy atom. The van der Waals surface area contributed by atoms with Gasteiger partial charge < -0.3 is 18.9 Å². The lowest BCUT2D eigenvalue weighted by atomic mass is 10.1. The molecule has 0 spiro atoms. The number of benzene rings is 1. The predicted molar refractivity (Wildman–Crippen MR) is 80.1 cm³/mol. The van der Waals surface area contributed by atoms with Crippen LogP contribution in [0.3, 0.4) is 0 Å². The molecule has 124 valence electrons. The van der Waals surface area contributed by atoms with E-state index in [1.165, 1.54) is 21.1 Å². The fraction of sp³-hybridized carbons (Fsp3) is 0.312. The summed E-state index contributed by atoms with van der Waals surface area (Å²) in [5, 5.41) is 0. The van der Waals surface area contributed by atoms with Gasteiger partial charge in [-0.3, -0.25) is 4.79 Å². The third kappa shape index (κ3) is 5.82. The molecule has 0 aliphatic carbocycles. The first-order valence-corrected chi connectivity index (χ1v) is 6.64. The first-order chi connectivity index (χ1) is 10.9. The molecule has 0 aliphatic heterocycles. The Labute approximate surface area is 133 Å². The summed E-state index contributed by atoms with van der Waals surface area (Å²) >= 11 is 0. The number of methoxy groups -OCH3 is 2. The van der Waals surface area contributed by atoms with Crippen molar-refractivity contribution in [2.45, 2.75) is 13.3 Å². The smallest absolute Gasteiger partial charge is 0.351 e. The van der Waals surface area contributed by atoms with Crippen LogP contribution in [0, 0.1) is 0 Å². The molecule has 7 nitrogen and oxygen atoms in total. The van der Waals surface area contributed by atoms with E-state index in [4.69, 9.17) is 9.47 Å². The first kappa shape index (κ1) is 18.2. The van der Waals surface area contributed by atoms with Crippen LogP contribution in [0.15, 0.2) is 30.4 Å². The molecule has 0 aliphatic rings. The summed E-state index contributed by atoms with van der Waals surface area (Å²) < 4.78 is 19.4. The van der Waals surface area contributed by atoms with Crippen molar-refractivity contribution >= 4 is 17.9 Å². The van der Waals surface area contributed by atoms with Gasteiger partial charge in [0, 0.05) is 11.1 Å². The van der Waals surface area contributed by atoms with Crippen LogP contribution in [0.4, 0.5) is 0 Å². The van der Waals surface area contributed by atoms with Crippen molar-refractivity contribution in [1.29, 1.82) is 0 Å². The average Bonchev–Trinajstić information content (AvgIpc) is 2.52. The number of hydrogen-bond acceptors (Lipinski definition) is 7. The molecule has 0 bridgehead atoms. The molecule has 1 aromatic rings. The van der Waals surface area contributed by atoms with E-state index in [1.54, 1.807) is 18.2 Å². The molecular formula is C16H18O7. The van der Waals surface area contributed by atoms with E-state index in [2.05, 4.69) is 16.1 Å². The van der Waals surface area contributed by atoms with Gasteiger partial charge in [-0.2, -0.15) is 0 Å². The SMILES string of the molecule is C=C(C)C(=O)OCC(=O)OC(=O)Cc1cc(OC)ccc1OC. The minimum atomic E-state index is -0.966. The number of carbonyl (C=O) groups excluding carboxylic acids is 3. The van der Waals surface area contributed by atoms with Crippen LogP contribution in [0.2, 0.25) is 0 Å². The quantitative estimate of drug-likeness (QED) is 0.426. The highest BCUT2D eigenvalue weighted by Gasteiger charge is 2.16. The van der Waals surface area contributed by atoms with Crippen LogP contribution in [0.25, 0.3) is 0 Å². The van der Waals surface area contributed by atoms with E-state index >= 15 is 0 Å². The highest BCUT2D eigenvalue weighted by atomic mass is 16.6. The Morgan fingerprint density at radius 1 is 1.09 bits per heavy atom. The Balaban J connectivity index is 2.61. The number of rotatable bonds is 7. The second kappa shape index (κ2) is 8.57. The number of esters is 3. The molecule has 23 heavy (non-hydrogen) atoms. The highest BCUT2D eigenvalue weighted by molar-refractivity contribution is 5.91. The van der Waals surface area contributed by atoms with Crippen LogP contribution in [-0.2, 0) is 30.3 Å². The summed E-state index contributed by atoms with van der Waals surface area (Å²) in [6, 6.07) is 4.92. The predicted octanol–water partition coefficient (Wildman–Crippen LogP) is 1.44. The normalized spacial score (nSPS) is 9.70. The topological polar surface area (TPSA) is 88.1 Å². The van der Waals surface area contributed by atoms with Gasteiger partial charge in [0.05, 0.1) is 20.6 Å². The van der Waals surface area contributed by atoms with E-state index in [-0.39, 0.29) is 12.0 Å². The summed E-state index contributed by atoms with van der Waals surface area (Å²) in [6.45, 7) is 4.14. The molecule has 7 heteroatoms. The van der Waals surface area contributed by atoms with Crippen molar-refractivity contribution in [2.24, 2.45) is 0 Å². The second-order valence-corrected chi connectivity index (χ2v) is 4.56. The van der Waals surface area contributed by atoms with Crippen molar-refractivity contribution in [2.75, 3.05) is 20.8 Å². The molecule has 0 heterocycles. The molecule has 0 unspecified atom stereocenters. The van der Waals surface area contributed by atoms with Gasteiger partial charge in [-0.05, 0) is 25.1 Å². The number of hydrogen-bond donors (Lipinski definition) is 0. The molecule has 1 rings (SSSR count). The molecule has 0 amide bonds. The van der Waals surface area contributed by atoms with Crippen LogP contribution < -0.4 is 9.47 Å². The lowest BCUT2D eigenvalue weighted by molar-refractivity contribution is -0.165. The van der Waals surface area contributed by atoms with Gasteiger partial charge in [0.15, 0.2) is 6.61 Å². The Hall–Kier alpha value is -2.83. The van der Waals surface area contributed by atoms with Crippen LogP contribution in [0.1, 0.15) is 12.5 Å².